The van der Waals surface area contributed by atoms with Crippen molar-refractivity contribution in [1.82, 2.24) is 4.57 Å². The minimum atomic E-state index is -0.482. The van der Waals surface area contributed by atoms with Crippen LogP contribution in [0.15, 0.2) is 59.9 Å². The number of rotatable bonds is 4. The van der Waals surface area contributed by atoms with Crippen molar-refractivity contribution >= 4 is 21.8 Å². The Balaban J connectivity index is 2.50. The summed E-state index contributed by atoms with van der Waals surface area (Å²) in [6.45, 7) is 6.16. The molecule has 0 bridgehead atoms. The Labute approximate surface area is 128 Å². The van der Waals surface area contributed by atoms with E-state index in [1.807, 2.05) is 42.5 Å². The van der Waals surface area contributed by atoms with Crippen molar-refractivity contribution < 1.29 is 4.74 Å². The van der Waals surface area contributed by atoms with E-state index >= 15 is 0 Å². The zero-order chi connectivity index (χ0) is 15.7. The Morgan fingerprint density at radius 2 is 1.95 bits per heavy atom. The van der Waals surface area contributed by atoms with Crippen LogP contribution in [0.25, 0.3) is 21.8 Å². The summed E-state index contributed by atoms with van der Waals surface area (Å²) in [5, 5.41) is 1.22. The summed E-state index contributed by atoms with van der Waals surface area (Å²) >= 11 is 0. The van der Waals surface area contributed by atoms with Gasteiger partial charge in [-0.1, -0.05) is 24.3 Å². The van der Waals surface area contributed by atoms with Gasteiger partial charge in [-0.05, 0) is 31.2 Å². The maximum atomic E-state index is 12.9. The van der Waals surface area contributed by atoms with Crippen LogP contribution in [0.3, 0.4) is 0 Å². The van der Waals surface area contributed by atoms with Crippen LogP contribution in [-0.4, -0.2) is 10.8 Å². The van der Waals surface area contributed by atoms with Gasteiger partial charge in [0.2, 0.25) is 5.43 Å². The molecule has 2 aromatic carbocycles. The van der Waals surface area contributed by atoms with Gasteiger partial charge in [0.25, 0.3) is 0 Å². The molecule has 4 nitrogen and oxygen atoms in total. The first-order chi connectivity index (χ1) is 10.6. The molecule has 1 atom stereocenters. The third kappa shape index (κ3) is 2.27. The van der Waals surface area contributed by atoms with Crippen molar-refractivity contribution in [1.29, 1.82) is 0 Å². The molecule has 3 rings (SSSR count). The number of pyridine rings is 1. The predicted molar refractivity (Wildman–Crippen MR) is 90.2 cm³/mol. The van der Waals surface area contributed by atoms with E-state index in [0.717, 1.165) is 11.0 Å². The largest absolute Gasteiger partial charge is 0.475 e. The molecule has 112 valence electrons. The van der Waals surface area contributed by atoms with Crippen LogP contribution in [0, 0.1) is 0 Å². The van der Waals surface area contributed by atoms with Crippen molar-refractivity contribution in [2.75, 3.05) is 0 Å². The molecule has 0 aliphatic rings. The second-order valence-electron chi connectivity index (χ2n) is 5.22. The summed E-state index contributed by atoms with van der Waals surface area (Å²) in [4.78, 5) is 12.9. The van der Waals surface area contributed by atoms with Crippen LogP contribution in [-0.2, 0) is 6.54 Å². The normalized spacial score (nSPS) is 12.5. The number of ether oxygens (including phenoxy) is 1. The highest BCUT2D eigenvalue weighted by molar-refractivity contribution is 5.96. The monoisotopic (exact) mass is 294 g/mol. The van der Waals surface area contributed by atoms with Crippen LogP contribution < -0.4 is 15.9 Å². The van der Waals surface area contributed by atoms with Crippen LogP contribution in [0.5, 0.6) is 5.75 Å². The molecule has 3 aromatic rings. The Morgan fingerprint density at radius 3 is 2.68 bits per heavy atom. The lowest BCUT2D eigenvalue weighted by Gasteiger charge is -2.17. The SMILES string of the molecule is C=CCn1c2ccccc2c(=O)c2c(OC(C)N)cccc21. The van der Waals surface area contributed by atoms with Crippen molar-refractivity contribution in [3.63, 3.8) is 0 Å². The molecular formula is C18H18N2O2. The summed E-state index contributed by atoms with van der Waals surface area (Å²) in [5.41, 5.74) is 7.40. The second kappa shape index (κ2) is 5.66. The van der Waals surface area contributed by atoms with E-state index in [4.69, 9.17) is 10.5 Å². The van der Waals surface area contributed by atoms with Crippen molar-refractivity contribution in [2.24, 2.45) is 5.73 Å². The highest BCUT2D eigenvalue weighted by atomic mass is 16.5. The first kappa shape index (κ1) is 14.4. The summed E-state index contributed by atoms with van der Waals surface area (Å²) in [7, 11) is 0. The fraction of sp³-hybridized carbons (Fsp3) is 0.167. The van der Waals surface area contributed by atoms with Gasteiger partial charge in [0.15, 0.2) is 0 Å². The first-order valence-corrected chi connectivity index (χ1v) is 7.21. The number of benzene rings is 2. The van der Waals surface area contributed by atoms with Gasteiger partial charge in [-0.3, -0.25) is 10.5 Å². The van der Waals surface area contributed by atoms with Crippen molar-refractivity contribution in [2.45, 2.75) is 19.7 Å². The molecule has 0 saturated carbocycles. The van der Waals surface area contributed by atoms with Gasteiger partial charge >= 0.3 is 0 Å². The average Bonchev–Trinajstić information content (AvgIpc) is 2.51. The number of fused-ring (bicyclic) bond motifs is 2. The van der Waals surface area contributed by atoms with Gasteiger partial charge in [0, 0.05) is 11.9 Å². The lowest BCUT2D eigenvalue weighted by molar-refractivity contribution is 0.233. The molecule has 0 aliphatic carbocycles. The van der Waals surface area contributed by atoms with Gasteiger partial charge in [-0.25, -0.2) is 0 Å². The molecule has 0 amide bonds. The third-order valence-electron chi connectivity index (χ3n) is 3.59. The summed E-state index contributed by atoms with van der Waals surface area (Å²) < 4.78 is 7.69. The zero-order valence-corrected chi connectivity index (χ0v) is 12.5. The van der Waals surface area contributed by atoms with E-state index in [9.17, 15) is 4.79 Å². The lowest BCUT2D eigenvalue weighted by atomic mass is 10.1. The summed E-state index contributed by atoms with van der Waals surface area (Å²) in [6.07, 6.45) is 1.33. The highest BCUT2D eigenvalue weighted by Gasteiger charge is 2.14. The molecule has 22 heavy (non-hydrogen) atoms. The maximum Gasteiger partial charge on any atom is 0.200 e. The Morgan fingerprint density at radius 1 is 1.23 bits per heavy atom. The van der Waals surface area contributed by atoms with Crippen LogP contribution in [0.1, 0.15) is 6.92 Å². The Bertz CT molecular complexity index is 910. The van der Waals surface area contributed by atoms with Crippen molar-refractivity contribution in [3.8, 4) is 5.75 Å². The number of hydrogen-bond donors (Lipinski definition) is 1. The molecule has 0 aliphatic heterocycles. The fourth-order valence-corrected chi connectivity index (χ4v) is 2.76. The van der Waals surface area contributed by atoms with Crippen LogP contribution in [0.4, 0.5) is 0 Å². The molecule has 1 heterocycles. The second-order valence-corrected chi connectivity index (χ2v) is 5.22. The number of aromatic nitrogens is 1. The van der Waals surface area contributed by atoms with E-state index < -0.39 is 6.23 Å². The standard InChI is InChI=1S/C18H18N2O2/c1-3-11-20-14-8-5-4-7-13(14)18(21)17-15(20)9-6-10-16(17)22-12(2)19/h3-10,12H,1,11,19H2,2H3. The number of para-hydroxylation sites is 1. The summed E-state index contributed by atoms with van der Waals surface area (Å²) in [5.74, 6) is 0.515. The molecule has 0 saturated heterocycles. The van der Waals surface area contributed by atoms with Gasteiger partial charge in [0.1, 0.15) is 12.0 Å². The number of nitrogens with zero attached hydrogens (tertiary/aromatic N) is 1. The first-order valence-electron chi connectivity index (χ1n) is 7.21. The van der Waals surface area contributed by atoms with E-state index in [-0.39, 0.29) is 5.43 Å². The summed E-state index contributed by atoms with van der Waals surface area (Å²) in [6, 6.07) is 13.1. The minimum Gasteiger partial charge on any atom is -0.475 e. The van der Waals surface area contributed by atoms with E-state index in [1.165, 1.54) is 0 Å². The van der Waals surface area contributed by atoms with Crippen LogP contribution >= 0.6 is 0 Å². The molecule has 2 N–H and O–H groups in total. The third-order valence-corrected chi connectivity index (χ3v) is 3.59. The number of allylic oxidation sites excluding steroid dienone is 1. The van der Waals surface area contributed by atoms with Gasteiger partial charge in [-0.15, -0.1) is 6.58 Å². The van der Waals surface area contributed by atoms with E-state index in [1.54, 1.807) is 13.0 Å². The quantitative estimate of drug-likeness (QED) is 0.457. The molecule has 0 spiro atoms. The predicted octanol–water partition coefficient (Wildman–Crippen LogP) is 3.02. The molecule has 0 fully saturated rings. The number of hydrogen-bond acceptors (Lipinski definition) is 3. The van der Waals surface area contributed by atoms with E-state index in [2.05, 4.69) is 11.1 Å². The van der Waals surface area contributed by atoms with Gasteiger partial charge in [0.05, 0.1) is 16.4 Å². The number of nitrogens with two attached hydrogens (primary N) is 1. The van der Waals surface area contributed by atoms with Gasteiger partial charge in [-0.2, -0.15) is 0 Å². The fourth-order valence-electron chi connectivity index (χ4n) is 2.76. The molecule has 1 unspecified atom stereocenters. The smallest absolute Gasteiger partial charge is 0.200 e. The molecule has 4 heteroatoms. The molecule has 1 aromatic heterocycles. The van der Waals surface area contributed by atoms with E-state index in [0.29, 0.717) is 23.1 Å². The average molecular weight is 294 g/mol. The lowest BCUT2D eigenvalue weighted by Crippen LogP contribution is -2.23. The maximum absolute atomic E-state index is 12.9. The van der Waals surface area contributed by atoms with Crippen molar-refractivity contribution in [3.05, 3.63) is 65.3 Å². The molecular weight excluding hydrogens is 276 g/mol. The molecule has 0 radical (unpaired) electrons. The Kier molecular flexibility index (Phi) is 3.69. The zero-order valence-electron chi connectivity index (χ0n) is 12.5. The Hall–Kier alpha value is -2.59. The minimum absolute atomic E-state index is 0.0397. The highest BCUT2D eigenvalue weighted by Crippen LogP contribution is 2.26. The topological polar surface area (TPSA) is 57.2 Å². The van der Waals surface area contributed by atoms with Crippen LogP contribution in [0.2, 0.25) is 0 Å². The van der Waals surface area contributed by atoms with Gasteiger partial charge < -0.3 is 9.30 Å².